The first-order valence-electron chi connectivity index (χ1n) is 13.5. The monoisotopic (exact) mass is 563 g/mol. The second-order valence-corrected chi connectivity index (χ2v) is 11.4. The molecule has 0 saturated carbocycles. The SMILES string of the molecule is Cc1ccc(N2C(=O)C3C(c4cccc5ccccc45)NC(Cc4c[nH]c5ccccc45)(C(=O)O)C3C2=O)cc1Cl. The number of fused-ring (bicyclic) bond motifs is 3. The van der Waals surface area contributed by atoms with Gasteiger partial charge in [-0.25, -0.2) is 4.90 Å². The van der Waals surface area contributed by atoms with Crippen LogP contribution >= 0.6 is 11.6 Å². The molecular weight excluding hydrogens is 538 g/mol. The van der Waals surface area contributed by atoms with Crippen LogP contribution in [-0.2, 0) is 20.8 Å². The number of imide groups is 1. The van der Waals surface area contributed by atoms with Crippen molar-refractivity contribution in [2.45, 2.75) is 24.9 Å². The summed E-state index contributed by atoms with van der Waals surface area (Å²) in [5.41, 5.74) is 1.81. The second-order valence-electron chi connectivity index (χ2n) is 11.0. The predicted octanol–water partition coefficient (Wildman–Crippen LogP) is 5.80. The molecule has 4 aromatic carbocycles. The average molecular weight is 564 g/mol. The fourth-order valence-corrected chi connectivity index (χ4v) is 6.95. The number of amides is 2. The summed E-state index contributed by atoms with van der Waals surface area (Å²) < 4.78 is 0. The number of rotatable bonds is 5. The molecule has 2 aliphatic rings. The zero-order valence-corrected chi connectivity index (χ0v) is 22.9. The van der Waals surface area contributed by atoms with Crippen molar-refractivity contribution in [3.05, 3.63) is 113 Å². The van der Waals surface area contributed by atoms with Gasteiger partial charge in [0.1, 0.15) is 5.54 Å². The van der Waals surface area contributed by atoms with Crippen LogP contribution in [0.25, 0.3) is 21.7 Å². The molecule has 2 aliphatic heterocycles. The lowest BCUT2D eigenvalue weighted by Crippen LogP contribution is -2.57. The highest BCUT2D eigenvalue weighted by molar-refractivity contribution is 6.32. The Kier molecular flexibility index (Phi) is 5.78. The topological polar surface area (TPSA) is 102 Å². The Morgan fingerprint density at radius 1 is 0.951 bits per heavy atom. The van der Waals surface area contributed by atoms with Crippen molar-refractivity contribution < 1.29 is 19.5 Å². The number of anilines is 1. The van der Waals surface area contributed by atoms with E-state index in [0.29, 0.717) is 10.7 Å². The van der Waals surface area contributed by atoms with E-state index >= 15 is 0 Å². The number of nitrogens with one attached hydrogen (secondary N) is 2. The van der Waals surface area contributed by atoms with Crippen molar-refractivity contribution in [1.29, 1.82) is 0 Å². The lowest BCUT2D eigenvalue weighted by Gasteiger charge is -2.31. The van der Waals surface area contributed by atoms with E-state index in [1.165, 1.54) is 0 Å². The molecule has 3 heterocycles. The number of hydrogen-bond acceptors (Lipinski definition) is 4. The van der Waals surface area contributed by atoms with Gasteiger partial charge in [0.2, 0.25) is 11.8 Å². The minimum absolute atomic E-state index is 0.0102. The largest absolute Gasteiger partial charge is 0.480 e. The van der Waals surface area contributed by atoms with Crippen LogP contribution in [0.4, 0.5) is 5.69 Å². The molecule has 0 radical (unpaired) electrons. The average Bonchev–Trinajstić information content (AvgIpc) is 3.62. The molecule has 2 amide bonds. The van der Waals surface area contributed by atoms with E-state index in [1.54, 1.807) is 24.4 Å². The van der Waals surface area contributed by atoms with Crippen molar-refractivity contribution in [2.75, 3.05) is 4.90 Å². The molecule has 0 spiro atoms. The van der Waals surface area contributed by atoms with Gasteiger partial charge in [-0.05, 0) is 52.6 Å². The number of para-hydroxylation sites is 1. The number of H-pyrrole nitrogens is 1. The molecule has 2 fully saturated rings. The number of carbonyl (C=O) groups is 3. The van der Waals surface area contributed by atoms with Gasteiger partial charge in [0.15, 0.2) is 0 Å². The number of carbonyl (C=O) groups excluding carboxylic acids is 2. The van der Waals surface area contributed by atoms with E-state index in [1.807, 2.05) is 73.7 Å². The highest BCUT2D eigenvalue weighted by Gasteiger charge is 2.68. The number of aliphatic carboxylic acids is 1. The zero-order chi connectivity index (χ0) is 28.5. The van der Waals surface area contributed by atoms with E-state index in [9.17, 15) is 19.5 Å². The Morgan fingerprint density at radius 3 is 2.46 bits per heavy atom. The number of aromatic nitrogens is 1. The number of aryl methyl sites for hydroxylation is 1. The fourth-order valence-electron chi connectivity index (χ4n) is 6.78. The summed E-state index contributed by atoms with van der Waals surface area (Å²) >= 11 is 6.40. The Labute approximate surface area is 240 Å². The summed E-state index contributed by atoms with van der Waals surface area (Å²) in [5, 5.41) is 17.4. The number of benzene rings is 4. The number of aromatic amines is 1. The molecule has 204 valence electrons. The van der Waals surface area contributed by atoms with E-state index in [0.717, 1.165) is 43.3 Å². The first-order chi connectivity index (χ1) is 19.8. The van der Waals surface area contributed by atoms with Crippen LogP contribution in [0.5, 0.6) is 0 Å². The highest BCUT2D eigenvalue weighted by Crippen LogP contribution is 2.52. The molecule has 4 unspecified atom stereocenters. The van der Waals surface area contributed by atoms with E-state index in [4.69, 9.17) is 11.6 Å². The van der Waals surface area contributed by atoms with Crippen molar-refractivity contribution in [3.63, 3.8) is 0 Å². The van der Waals surface area contributed by atoms with Crippen LogP contribution in [0.3, 0.4) is 0 Å². The third-order valence-corrected chi connectivity index (χ3v) is 9.16. The number of hydrogen-bond donors (Lipinski definition) is 3. The molecule has 5 aromatic rings. The zero-order valence-electron chi connectivity index (χ0n) is 22.1. The second kappa shape index (κ2) is 9.29. The quantitative estimate of drug-likeness (QED) is 0.235. The molecule has 0 aliphatic carbocycles. The molecule has 2 saturated heterocycles. The summed E-state index contributed by atoms with van der Waals surface area (Å²) in [6.45, 7) is 1.84. The smallest absolute Gasteiger partial charge is 0.325 e. The Balaban J connectivity index is 1.43. The van der Waals surface area contributed by atoms with Gasteiger partial charge in [-0.15, -0.1) is 0 Å². The van der Waals surface area contributed by atoms with Crippen LogP contribution in [0.1, 0.15) is 22.7 Å². The Morgan fingerprint density at radius 2 is 1.68 bits per heavy atom. The summed E-state index contributed by atoms with van der Waals surface area (Å²) in [6, 6.07) is 25.5. The summed E-state index contributed by atoms with van der Waals surface area (Å²) in [5.74, 6) is -4.24. The predicted molar refractivity (Wildman–Crippen MR) is 158 cm³/mol. The maximum atomic E-state index is 14.3. The van der Waals surface area contributed by atoms with Crippen LogP contribution in [-0.4, -0.2) is 33.4 Å². The van der Waals surface area contributed by atoms with E-state index in [2.05, 4.69) is 10.3 Å². The minimum Gasteiger partial charge on any atom is -0.480 e. The summed E-state index contributed by atoms with van der Waals surface area (Å²) in [7, 11) is 0. The van der Waals surface area contributed by atoms with Gasteiger partial charge in [-0.2, -0.15) is 0 Å². The van der Waals surface area contributed by atoms with Crippen molar-refractivity contribution >= 4 is 56.7 Å². The number of carboxylic acid groups (broad SMARTS) is 1. The first kappa shape index (κ1) is 25.5. The molecule has 4 atom stereocenters. The third-order valence-electron chi connectivity index (χ3n) is 8.75. The normalized spacial score (nSPS) is 24.0. The molecule has 7 nitrogen and oxygen atoms in total. The third kappa shape index (κ3) is 3.73. The first-order valence-corrected chi connectivity index (χ1v) is 13.9. The molecule has 8 heteroatoms. The van der Waals surface area contributed by atoms with Gasteiger partial charge in [-0.3, -0.25) is 19.7 Å². The van der Waals surface area contributed by atoms with Gasteiger partial charge in [-0.1, -0.05) is 78.3 Å². The Hall–Kier alpha value is -4.46. The lowest BCUT2D eigenvalue weighted by molar-refractivity contribution is -0.148. The number of nitrogens with zero attached hydrogens (tertiary/aromatic N) is 1. The maximum Gasteiger partial charge on any atom is 0.325 e. The molecular formula is C33H26ClN3O4. The number of halogens is 1. The number of carboxylic acids is 1. The van der Waals surface area contributed by atoms with Crippen molar-refractivity contribution in [3.8, 4) is 0 Å². The molecule has 1 aromatic heterocycles. The van der Waals surface area contributed by atoms with E-state index in [-0.39, 0.29) is 6.42 Å². The van der Waals surface area contributed by atoms with Crippen LogP contribution in [0.2, 0.25) is 5.02 Å². The highest BCUT2D eigenvalue weighted by atomic mass is 35.5. The van der Waals surface area contributed by atoms with Gasteiger partial charge < -0.3 is 10.1 Å². The standard InChI is InChI=1S/C33H26ClN3O4/c1-18-13-14-21(15-25(18)34)37-30(38)27-28(31(37)39)33(32(40)41,16-20-17-35-26-12-5-4-10-23(20)26)36-29(27)24-11-6-8-19-7-2-3-9-22(19)24/h2-15,17,27-29,35-36H,16H2,1H3,(H,40,41). The molecule has 41 heavy (non-hydrogen) atoms. The van der Waals surface area contributed by atoms with Gasteiger partial charge >= 0.3 is 5.97 Å². The van der Waals surface area contributed by atoms with Gasteiger partial charge in [0.25, 0.3) is 0 Å². The maximum absolute atomic E-state index is 14.3. The summed E-state index contributed by atoms with van der Waals surface area (Å²) in [4.78, 5) is 46.3. The molecule has 0 bridgehead atoms. The van der Waals surface area contributed by atoms with Gasteiger partial charge in [0.05, 0.1) is 17.5 Å². The lowest BCUT2D eigenvalue weighted by atomic mass is 9.76. The van der Waals surface area contributed by atoms with Crippen LogP contribution in [0, 0.1) is 18.8 Å². The Bertz CT molecular complexity index is 1890. The van der Waals surface area contributed by atoms with Crippen LogP contribution < -0.4 is 10.2 Å². The van der Waals surface area contributed by atoms with Gasteiger partial charge in [0, 0.05) is 34.6 Å². The van der Waals surface area contributed by atoms with Crippen molar-refractivity contribution in [1.82, 2.24) is 10.3 Å². The van der Waals surface area contributed by atoms with Crippen LogP contribution in [0.15, 0.2) is 91.1 Å². The molecule has 3 N–H and O–H groups in total. The fraction of sp³-hybridized carbons (Fsp3) is 0.182. The van der Waals surface area contributed by atoms with Crippen molar-refractivity contribution in [2.24, 2.45) is 11.8 Å². The minimum atomic E-state index is -1.74. The van der Waals surface area contributed by atoms with E-state index < -0.39 is 41.2 Å². The summed E-state index contributed by atoms with van der Waals surface area (Å²) in [6.07, 6.45) is 1.80. The molecule has 7 rings (SSSR count).